The summed E-state index contributed by atoms with van der Waals surface area (Å²) in [6.07, 6.45) is 0. The minimum Gasteiger partial charge on any atom is -0.495 e. The Bertz CT molecular complexity index is 1080. The van der Waals surface area contributed by atoms with Crippen LogP contribution in [0.5, 0.6) is 5.75 Å². The minimum absolute atomic E-state index is 0.109. The Hall–Kier alpha value is -4.20. The number of esters is 1. The maximum absolute atomic E-state index is 12.5. The van der Waals surface area contributed by atoms with E-state index in [1.807, 2.05) is 30.3 Å². The fraction of sp³-hybridized carbons (Fsp3) is 0.0909. The van der Waals surface area contributed by atoms with E-state index in [2.05, 4.69) is 5.32 Å². The monoisotopic (exact) mass is 406 g/mol. The fourth-order valence-electron chi connectivity index (χ4n) is 2.83. The number of anilines is 1. The number of carbonyl (C=O) groups is 2. The van der Waals surface area contributed by atoms with Gasteiger partial charge in [-0.2, -0.15) is 0 Å². The Morgan fingerprint density at radius 2 is 1.70 bits per heavy atom. The number of rotatable bonds is 7. The van der Waals surface area contributed by atoms with Crippen molar-refractivity contribution in [2.75, 3.05) is 19.0 Å². The van der Waals surface area contributed by atoms with Gasteiger partial charge in [0.2, 0.25) is 0 Å². The molecule has 0 bridgehead atoms. The Labute approximate surface area is 172 Å². The molecular weight excluding hydrogens is 388 g/mol. The topological polar surface area (TPSA) is 108 Å². The van der Waals surface area contributed by atoms with Crippen LogP contribution in [0.4, 0.5) is 11.4 Å². The molecule has 0 radical (unpaired) electrons. The van der Waals surface area contributed by atoms with Gasteiger partial charge in [-0.05, 0) is 23.3 Å². The molecule has 8 heteroatoms. The molecule has 0 saturated heterocycles. The molecule has 0 saturated carbocycles. The maximum Gasteiger partial charge on any atom is 0.339 e. The molecular formula is C22H18N2O6. The van der Waals surface area contributed by atoms with Gasteiger partial charge in [0.15, 0.2) is 6.61 Å². The van der Waals surface area contributed by atoms with Gasteiger partial charge in [0.25, 0.3) is 11.6 Å². The quantitative estimate of drug-likeness (QED) is 0.360. The molecule has 0 aliphatic carbocycles. The van der Waals surface area contributed by atoms with Crippen LogP contribution in [-0.2, 0) is 9.53 Å². The highest BCUT2D eigenvalue weighted by molar-refractivity contribution is 6.00. The lowest BCUT2D eigenvalue weighted by molar-refractivity contribution is -0.384. The average Bonchev–Trinajstić information content (AvgIpc) is 2.78. The van der Waals surface area contributed by atoms with Crippen LogP contribution in [0.1, 0.15) is 10.4 Å². The van der Waals surface area contributed by atoms with Crippen LogP contribution in [0.2, 0.25) is 0 Å². The van der Waals surface area contributed by atoms with Crippen LogP contribution in [0.15, 0.2) is 72.8 Å². The number of ether oxygens (including phenoxy) is 2. The van der Waals surface area contributed by atoms with Crippen molar-refractivity contribution in [3.8, 4) is 16.9 Å². The summed E-state index contributed by atoms with van der Waals surface area (Å²) in [5.74, 6) is -1.07. The zero-order chi connectivity index (χ0) is 21.5. The molecule has 0 atom stereocenters. The van der Waals surface area contributed by atoms with Crippen molar-refractivity contribution in [3.63, 3.8) is 0 Å². The van der Waals surface area contributed by atoms with Gasteiger partial charge >= 0.3 is 5.97 Å². The van der Waals surface area contributed by atoms with Crippen molar-refractivity contribution in [2.24, 2.45) is 0 Å². The largest absolute Gasteiger partial charge is 0.495 e. The zero-order valence-corrected chi connectivity index (χ0v) is 16.0. The highest BCUT2D eigenvalue weighted by Crippen LogP contribution is 2.29. The van der Waals surface area contributed by atoms with Crippen molar-refractivity contribution < 1.29 is 24.0 Å². The molecule has 152 valence electrons. The first-order valence-corrected chi connectivity index (χ1v) is 8.93. The molecule has 0 fully saturated rings. The van der Waals surface area contributed by atoms with Gasteiger partial charge in [-0.15, -0.1) is 0 Å². The second-order valence-corrected chi connectivity index (χ2v) is 6.18. The predicted octanol–water partition coefficient (Wildman–Crippen LogP) is 4.07. The van der Waals surface area contributed by atoms with E-state index in [4.69, 9.17) is 9.47 Å². The van der Waals surface area contributed by atoms with Crippen LogP contribution < -0.4 is 10.1 Å². The lowest BCUT2D eigenvalue weighted by atomic mass is 10.00. The summed E-state index contributed by atoms with van der Waals surface area (Å²) in [6, 6.07) is 20.0. The molecule has 0 spiro atoms. The van der Waals surface area contributed by atoms with E-state index >= 15 is 0 Å². The van der Waals surface area contributed by atoms with Crippen LogP contribution in [-0.4, -0.2) is 30.5 Å². The smallest absolute Gasteiger partial charge is 0.339 e. The molecule has 30 heavy (non-hydrogen) atoms. The molecule has 3 aromatic carbocycles. The molecule has 0 heterocycles. The van der Waals surface area contributed by atoms with E-state index in [-0.39, 0.29) is 17.1 Å². The Kier molecular flexibility index (Phi) is 6.39. The second-order valence-electron chi connectivity index (χ2n) is 6.18. The lowest BCUT2D eigenvalue weighted by Crippen LogP contribution is -2.21. The number of benzene rings is 3. The number of nitrogens with zero attached hydrogens (tertiary/aromatic N) is 1. The standard InChI is InChI=1S/C22H18N2O6/c1-29-20-12-11-16(24(27)28)13-19(20)23-21(25)14-30-22(26)18-10-6-5-9-17(18)15-7-3-2-4-8-15/h2-13H,14H2,1H3,(H,23,25). The van der Waals surface area contributed by atoms with Crippen molar-refractivity contribution in [2.45, 2.75) is 0 Å². The van der Waals surface area contributed by atoms with Gasteiger partial charge in [-0.3, -0.25) is 14.9 Å². The van der Waals surface area contributed by atoms with Crippen LogP contribution in [0, 0.1) is 10.1 Å². The number of methoxy groups -OCH3 is 1. The van der Waals surface area contributed by atoms with Crippen molar-refractivity contribution >= 4 is 23.3 Å². The Balaban J connectivity index is 1.70. The molecule has 0 unspecified atom stereocenters. The van der Waals surface area contributed by atoms with Gasteiger partial charge < -0.3 is 14.8 Å². The average molecular weight is 406 g/mol. The Morgan fingerprint density at radius 1 is 1.00 bits per heavy atom. The molecule has 1 amide bonds. The van der Waals surface area contributed by atoms with Crippen molar-refractivity contribution in [1.82, 2.24) is 0 Å². The normalized spacial score (nSPS) is 10.2. The SMILES string of the molecule is COc1ccc([N+](=O)[O-])cc1NC(=O)COC(=O)c1ccccc1-c1ccccc1. The van der Waals surface area contributed by atoms with Crippen molar-refractivity contribution in [1.29, 1.82) is 0 Å². The Morgan fingerprint density at radius 3 is 2.40 bits per heavy atom. The number of carbonyl (C=O) groups excluding carboxylic acids is 2. The molecule has 0 aromatic heterocycles. The van der Waals surface area contributed by atoms with Gasteiger partial charge in [0.1, 0.15) is 5.75 Å². The zero-order valence-electron chi connectivity index (χ0n) is 16.0. The van der Waals surface area contributed by atoms with Gasteiger partial charge in [0, 0.05) is 12.1 Å². The van der Waals surface area contributed by atoms with Gasteiger partial charge in [-0.25, -0.2) is 4.79 Å². The van der Waals surface area contributed by atoms with E-state index in [0.29, 0.717) is 11.1 Å². The summed E-state index contributed by atoms with van der Waals surface area (Å²) in [7, 11) is 1.37. The van der Waals surface area contributed by atoms with Crippen LogP contribution in [0.25, 0.3) is 11.1 Å². The number of amides is 1. The summed E-state index contributed by atoms with van der Waals surface area (Å²) < 4.78 is 10.2. The number of hydrogen-bond donors (Lipinski definition) is 1. The predicted molar refractivity (Wildman–Crippen MR) is 110 cm³/mol. The molecule has 3 rings (SSSR count). The summed E-state index contributed by atoms with van der Waals surface area (Å²) in [4.78, 5) is 35.1. The second kappa shape index (κ2) is 9.33. The number of non-ortho nitro benzene ring substituents is 1. The lowest BCUT2D eigenvalue weighted by Gasteiger charge is -2.11. The van der Waals surface area contributed by atoms with E-state index in [1.165, 1.54) is 25.3 Å². The third-order valence-electron chi connectivity index (χ3n) is 4.23. The minimum atomic E-state index is -0.657. The number of nitrogens with one attached hydrogen (secondary N) is 1. The van der Waals surface area contributed by atoms with E-state index in [9.17, 15) is 19.7 Å². The molecule has 8 nitrogen and oxygen atoms in total. The first-order chi connectivity index (χ1) is 14.5. The van der Waals surface area contributed by atoms with E-state index in [1.54, 1.807) is 24.3 Å². The summed E-state index contributed by atoms with van der Waals surface area (Å²) in [5.41, 5.74) is 1.75. The van der Waals surface area contributed by atoms with Crippen LogP contribution in [0.3, 0.4) is 0 Å². The first kappa shape index (κ1) is 20.5. The third kappa shape index (κ3) is 4.79. The number of nitro benzene ring substituents is 1. The molecule has 0 aliphatic heterocycles. The summed E-state index contributed by atoms with van der Waals surface area (Å²) >= 11 is 0. The number of hydrogen-bond acceptors (Lipinski definition) is 6. The van der Waals surface area contributed by atoms with Gasteiger partial charge in [-0.1, -0.05) is 48.5 Å². The fourth-order valence-corrected chi connectivity index (χ4v) is 2.83. The molecule has 1 N–H and O–H groups in total. The summed E-state index contributed by atoms with van der Waals surface area (Å²) in [5, 5.41) is 13.4. The maximum atomic E-state index is 12.5. The van der Waals surface area contributed by atoms with Gasteiger partial charge in [0.05, 0.1) is 23.3 Å². The first-order valence-electron chi connectivity index (χ1n) is 8.93. The third-order valence-corrected chi connectivity index (χ3v) is 4.23. The number of nitro groups is 1. The van der Waals surface area contributed by atoms with Crippen LogP contribution >= 0.6 is 0 Å². The highest BCUT2D eigenvalue weighted by Gasteiger charge is 2.17. The summed E-state index contributed by atoms with van der Waals surface area (Å²) in [6.45, 7) is -0.562. The van der Waals surface area contributed by atoms with E-state index in [0.717, 1.165) is 5.56 Å². The highest BCUT2D eigenvalue weighted by atomic mass is 16.6. The molecule has 0 aliphatic rings. The van der Waals surface area contributed by atoms with E-state index < -0.39 is 23.4 Å². The van der Waals surface area contributed by atoms with Crippen molar-refractivity contribution in [3.05, 3.63) is 88.5 Å². The molecule has 3 aromatic rings.